The van der Waals surface area contributed by atoms with Crippen molar-refractivity contribution in [3.63, 3.8) is 0 Å². The summed E-state index contributed by atoms with van der Waals surface area (Å²) < 4.78 is 0. The standard InChI is InChI=1S/C11H21/c1-3-5-7-9-11-10-8-6-4-2/h8H,3-5,7,9-11H2,1-2H3. The minimum Gasteiger partial charge on any atom is -0.0811 e. The summed E-state index contributed by atoms with van der Waals surface area (Å²) in [7, 11) is 0. The molecule has 0 spiro atoms. The van der Waals surface area contributed by atoms with E-state index in [1.807, 2.05) is 0 Å². The first-order valence-electron chi connectivity index (χ1n) is 4.96. The van der Waals surface area contributed by atoms with Crippen molar-refractivity contribution < 1.29 is 0 Å². The first-order valence-corrected chi connectivity index (χ1v) is 4.96. The molecule has 0 N–H and O–H groups in total. The molecule has 0 aliphatic rings. The van der Waals surface area contributed by atoms with Crippen LogP contribution < -0.4 is 0 Å². The Bertz CT molecular complexity index is 82.0. The van der Waals surface area contributed by atoms with E-state index < -0.39 is 0 Å². The van der Waals surface area contributed by atoms with E-state index in [4.69, 9.17) is 0 Å². The maximum atomic E-state index is 3.21. The minimum atomic E-state index is 1.06. The van der Waals surface area contributed by atoms with Gasteiger partial charge in [0.2, 0.25) is 0 Å². The zero-order chi connectivity index (χ0) is 8.36. The van der Waals surface area contributed by atoms with E-state index >= 15 is 0 Å². The molecule has 0 heterocycles. The summed E-state index contributed by atoms with van der Waals surface area (Å²) in [5, 5.41) is 0. The second-order valence-electron chi connectivity index (χ2n) is 2.96. The Morgan fingerprint density at radius 2 is 1.73 bits per heavy atom. The highest BCUT2D eigenvalue weighted by Crippen LogP contribution is 2.05. The van der Waals surface area contributed by atoms with Crippen LogP contribution in [0.4, 0.5) is 0 Å². The molecule has 0 amide bonds. The first-order chi connectivity index (χ1) is 5.41. The molecule has 11 heavy (non-hydrogen) atoms. The van der Waals surface area contributed by atoms with E-state index in [-0.39, 0.29) is 0 Å². The molecule has 0 aliphatic carbocycles. The van der Waals surface area contributed by atoms with Gasteiger partial charge in [0.15, 0.2) is 0 Å². The third kappa shape index (κ3) is 9.74. The predicted molar refractivity (Wildman–Crippen MR) is 51.5 cm³/mol. The molecule has 0 aliphatic heterocycles. The number of hydrogen-bond acceptors (Lipinski definition) is 0. The Morgan fingerprint density at radius 3 is 2.36 bits per heavy atom. The average Bonchev–Trinajstić information content (AvgIpc) is 2.03. The molecular weight excluding hydrogens is 132 g/mol. The second kappa shape index (κ2) is 9.74. The van der Waals surface area contributed by atoms with Crippen molar-refractivity contribution in [1.29, 1.82) is 0 Å². The number of rotatable bonds is 7. The van der Waals surface area contributed by atoms with Gasteiger partial charge in [0, 0.05) is 0 Å². The smallest absolute Gasteiger partial charge is 0.0308 e. The van der Waals surface area contributed by atoms with E-state index in [0.717, 1.165) is 6.42 Å². The highest BCUT2D eigenvalue weighted by Gasteiger charge is 1.85. The molecule has 0 atom stereocenters. The van der Waals surface area contributed by atoms with Crippen molar-refractivity contribution in [3.8, 4) is 0 Å². The second-order valence-corrected chi connectivity index (χ2v) is 2.96. The van der Waals surface area contributed by atoms with Crippen LogP contribution in [0.1, 0.15) is 58.8 Å². The summed E-state index contributed by atoms with van der Waals surface area (Å²) in [6, 6.07) is 0. The maximum Gasteiger partial charge on any atom is -0.0308 e. The lowest BCUT2D eigenvalue weighted by molar-refractivity contribution is 0.637. The van der Waals surface area contributed by atoms with Gasteiger partial charge in [-0.25, -0.2) is 0 Å². The minimum absolute atomic E-state index is 1.06. The fourth-order valence-electron chi connectivity index (χ4n) is 1.10. The molecule has 0 bridgehead atoms. The maximum absolute atomic E-state index is 3.21. The van der Waals surface area contributed by atoms with Gasteiger partial charge in [0.25, 0.3) is 0 Å². The molecule has 0 rings (SSSR count). The predicted octanol–water partition coefficient (Wildman–Crippen LogP) is 4.12. The molecule has 0 fully saturated rings. The molecule has 0 unspecified atom stereocenters. The van der Waals surface area contributed by atoms with E-state index in [1.165, 1.54) is 38.5 Å². The Labute approximate surface area is 71.7 Å². The Kier molecular flexibility index (Phi) is 9.51. The Morgan fingerprint density at radius 1 is 1.00 bits per heavy atom. The summed E-state index contributed by atoms with van der Waals surface area (Å²) in [6.07, 6.45) is 14.6. The molecular formula is C11H21. The molecule has 65 valence electrons. The lowest BCUT2D eigenvalue weighted by Crippen LogP contribution is -1.75. The number of allylic oxidation sites excluding steroid dienone is 2. The lowest BCUT2D eigenvalue weighted by Gasteiger charge is -1.95. The van der Waals surface area contributed by atoms with E-state index in [0.29, 0.717) is 0 Å². The molecule has 0 nitrogen and oxygen atoms in total. The van der Waals surface area contributed by atoms with E-state index in [1.54, 1.807) is 0 Å². The van der Waals surface area contributed by atoms with Gasteiger partial charge in [0.1, 0.15) is 0 Å². The van der Waals surface area contributed by atoms with Gasteiger partial charge >= 0.3 is 0 Å². The van der Waals surface area contributed by atoms with Crippen LogP contribution in [0.15, 0.2) is 6.08 Å². The van der Waals surface area contributed by atoms with Crippen LogP contribution in [0, 0.1) is 6.08 Å². The molecule has 0 saturated carbocycles. The van der Waals surface area contributed by atoms with Crippen molar-refractivity contribution >= 4 is 0 Å². The third-order valence-corrected chi connectivity index (χ3v) is 1.80. The van der Waals surface area contributed by atoms with E-state index in [2.05, 4.69) is 26.0 Å². The van der Waals surface area contributed by atoms with Crippen LogP contribution in [-0.4, -0.2) is 0 Å². The van der Waals surface area contributed by atoms with Crippen LogP contribution in [0.5, 0.6) is 0 Å². The van der Waals surface area contributed by atoms with Gasteiger partial charge in [-0.05, 0) is 25.3 Å². The lowest BCUT2D eigenvalue weighted by atomic mass is 10.1. The topological polar surface area (TPSA) is 0 Å². The summed E-state index contributed by atoms with van der Waals surface area (Å²) in [5.41, 5.74) is 0. The zero-order valence-corrected chi connectivity index (χ0v) is 8.03. The fourth-order valence-corrected chi connectivity index (χ4v) is 1.10. The number of hydrogen-bond donors (Lipinski definition) is 0. The summed E-state index contributed by atoms with van der Waals surface area (Å²) in [4.78, 5) is 0. The van der Waals surface area contributed by atoms with Crippen molar-refractivity contribution in [3.05, 3.63) is 12.2 Å². The third-order valence-electron chi connectivity index (χ3n) is 1.80. The van der Waals surface area contributed by atoms with Crippen LogP contribution >= 0.6 is 0 Å². The SMILES string of the molecule is CC/[C]=C/CCCCCCC. The molecule has 0 saturated heterocycles. The molecule has 0 aromatic rings. The van der Waals surface area contributed by atoms with Gasteiger partial charge in [0.05, 0.1) is 0 Å². The van der Waals surface area contributed by atoms with Crippen LogP contribution in [0.3, 0.4) is 0 Å². The molecule has 0 heteroatoms. The van der Waals surface area contributed by atoms with Gasteiger partial charge in [-0.2, -0.15) is 0 Å². The van der Waals surface area contributed by atoms with Gasteiger partial charge in [-0.1, -0.05) is 45.6 Å². The van der Waals surface area contributed by atoms with Gasteiger partial charge in [-0.15, -0.1) is 0 Å². The average molecular weight is 153 g/mol. The van der Waals surface area contributed by atoms with Crippen molar-refractivity contribution in [2.45, 2.75) is 58.8 Å². The van der Waals surface area contributed by atoms with Crippen molar-refractivity contribution in [2.24, 2.45) is 0 Å². The van der Waals surface area contributed by atoms with Crippen LogP contribution in [-0.2, 0) is 0 Å². The summed E-state index contributed by atoms with van der Waals surface area (Å²) in [6.45, 7) is 4.39. The van der Waals surface area contributed by atoms with Crippen molar-refractivity contribution in [1.82, 2.24) is 0 Å². The normalized spacial score (nSPS) is 11.1. The summed E-state index contributed by atoms with van der Waals surface area (Å²) in [5.74, 6) is 0. The Hall–Kier alpha value is -0.260. The van der Waals surface area contributed by atoms with E-state index in [9.17, 15) is 0 Å². The largest absolute Gasteiger partial charge is 0.0811 e. The van der Waals surface area contributed by atoms with Gasteiger partial charge < -0.3 is 0 Å². The van der Waals surface area contributed by atoms with Crippen molar-refractivity contribution in [2.75, 3.05) is 0 Å². The molecule has 1 radical (unpaired) electrons. The van der Waals surface area contributed by atoms with Crippen LogP contribution in [0.25, 0.3) is 0 Å². The highest BCUT2D eigenvalue weighted by atomic mass is 13.9. The molecule has 0 aromatic carbocycles. The highest BCUT2D eigenvalue weighted by molar-refractivity contribution is 4.71. The number of unbranched alkanes of at least 4 members (excludes halogenated alkanes) is 5. The fraction of sp³-hybridized carbons (Fsp3) is 0.818. The first kappa shape index (κ1) is 10.7. The summed E-state index contributed by atoms with van der Waals surface area (Å²) >= 11 is 0. The Balaban J connectivity index is 2.85. The van der Waals surface area contributed by atoms with Crippen LogP contribution in [0.2, 0.25) is 0 Å². The monoisotopic (exact) mass is 153 g/mol. The van der Waals surface area contributed by atoms with Gasteiger partial charge in [-0.3, -0.25) is 0 Å². The molecule has 0 aromatic heterocycles. The zero-order valence-electron chi connectivity index (χ0n) is 8.03. The quantitative estimate of drug-likeness (QED) is 0.483.